The van der Waals surface area contributed by atoms with Crippen LogP contribution in [0.15, 0.2) is 24.3 Å². The molecule has 0 radical (unpaired) electrons. The number of amides is 1. The van der Waals surface area contributed by atoms with E-state index in [1.165, 1.54) is 11.0 Å². The zero-order valence-corrected chi connectivity index (χ0v) is 13.9. The number of carbonyl (C=O) groups excluding carboxylic acids is 1. The van der Waals surface area contributed by atoms with Crippen LogP contribution in [0, 0.1) is 0 Å². The molecule has 0 bridgehead atoms. The topological polar surface area (TPSA) is 60.9 Å². The Labute approximate surface area is 144 Å². The molecule has 1 heterocycles. The number of likely N-dealkylation sites (N-methyl/N-ethyl adjacent to an activating group) is 1. The van der Waals surface area contributed by atoms with Gasteiger partial charge < -0.3 is 10.0 Å². The molecule has 1 aliphatic heterocycles. The molecule has 0 spiro atoms. The minimum absolute atomic E-state index is 0.182. The molecule has 25 heavy (non-hydrogen) atoms. The summed E-state index contributed by atoms with van der Waals surface area (Å²) >= 11 is 0. The molecule has 1 saturated heterocycles. The zero-order valence-electron chi connectivity index (χ0n) is 13.9. The van der Waals surface area contributed by atoms with E-state index in [1.54, 1.807) is 18.0 Å². The van der Waals surface area contributed by atoms with Crippen molar-refractivity contribution in [1.82, 2.24) is 9.80 Å². The Morgan fingerprint density at radius 3 is 2.72 bits per heavy atom. The third kappa shape index (κ3) is 5.19. The molecule has 1 atom stereocenters. The third-order valence-corrected chi connectivity index (χ3v) is 4.30. The minimum atomic E-state index is -4.41. The number of hydrogen-bond acceptors (Lipinski definition) is 3. The molecule has 1 amide bonds. The van der Waals surface area contributed by atoms with Crippen LogP contribution in [0.4, 0.5) is 13.2 Å². The highest BCUT2D eigenvalue weighted by molar-refractivity contribution is 5.85. The van der Waals surface area contributed by atoms with Gasteiger partial charge in [0.2, 0.25) is 5.91 Å². The van der Waals surface area contributed by atoms with Crippen molar-refractivity contribution in [2.45, 2.75) is 38.0 Å². The van der Waals surface area contributed by atoms with Crippen molar-refractivity contribution in [3.63, 3.8) is 0 Å². The lowest BCUT2D eigenvalue weighted by Gasteiger charge is -2.29. The molecular weight excluding hydrogens is 337 g/mol. The minimum Gasteiger partial charge on any atom is -0.480 e. The second kappa shape index (κ2) is 7.86. The van der Waals surface area contributed by atoms with Crippen molar-refractivity contribution in [3.8, 4) is 0 Å². The van der Waals surface area contributed by atoms with E-state index < -0.39 is 23.8 Å². The van der Waals surface area contributed by atoms with Gasteiger partial charge in [-0.15, -0.1) is 0 Å². The highest BCUT2D eigenvalue weighted by Gasteiger charge is 2.32. The van der Waals surface area contributed by atoms with Gasteiger partial charge in [0, 0.05) is 13.1 Å². The molecule has 138 valence electrons. The van der Waals surface area contributed by atoms with Crippen LogP contribution >= 0.6 is 0 Å². The van der Waals surface area contributed by atoms with E-state index in [2.05, 4.69) is 0 Å². The standard InChI is InChI=1S/C17H21F3N2O3/c1-21(10-12-5-4-6-13(9-12)17(18,19)20)14-7-2-3-8-22(16(14)25)11-15(23)24/h4-6,9,14H,2-3,7-8,10-11H2,1H3,(H,23,24). The van der Waals surface area contributed by atoms with Crippen molar-refractivity contribution < 1.29 is 27.9 Å². The van der Waals surface area contributed by atoms with Gasteiger partial charge in [0.1, 0.15) is 6.54 Å². The highest BCUT2D eigenvalue weighted by atomic mass is 19.4. The number of carbonyl (C=O) groups is 2. The van der Waals surface area contributed by atoms with Crippen molar-refractivity contribution in [2.24, 2.45) is 0 Å². The number of nitrogens with zero attached hydrogens (tertiary/aromatic N) is 2. The van der Waals surface area contributed by atoms with Crippen LogP contribution in [-0.4, -0.2) is 53.0 Å². The number of aliphatic carboxylic acids is 1. The first-order chi connectivity index (χ1) is 11.7. The Balaban J connectivity index is 2.12. The number of benzene rings is 1. The van der Waals surface area contributed by atoms with E-state index in [0.29, 0.717) is 24.9 Å². The van der Waals surface area contributed by atoms with Crippen molar-refractivity contribution in [2.75, 3.05) is 20.1 Å². The van der Waals surface area contributed by atoms with Gasteiger partial charge in [0.15, 0.2) is 0 Å². The van der Waals surface area contributed by atoms with Gasteiger partial charge in [-0.25, -0.2) is 0 Å². The fourth-order valence-corrected chi connectivity index (χ4v) is 3.06. The van der Waals surface area contributed by atoms with Crippen LogP contribution in [0.25, 0.3) is 0 Å². The summed E-state index contributed by atoms with van der Waals surface area (Å²) in [6.07, 6.45) is -2.37. The molecule has 1 fully saturated rings. The average molecular weight is 358 g/mol. The Kier molecular flexibility index (Phi) is 6.05. The van der Waals surface area contributed by atoms with Gasteiger partial charge in [0.25, 0.3) is 0 Å². The number of alkyl halides is 3. The van der Waals surface area contributed by atoms with Crippen LogP contribution in [-0.2, 0) is 22.3 Å². The largest absolute Gasteiger partial charge is 0.480 e. The van der Waals surface area contributed by atoms with E-state index in [1.807, 2.05) is 0 Å². The summed E-state index contributed by atoms with van der Waals surface area (Å²) in [6.45, 7) is 0.215. The molecule has 0 aliphatic carbocycles. The van der Waals surface area contributed by atoms with Gasteiger partial charge in [0.05, 0.1) is 11.6 Å². The molecule has 1 aromatic carbocycles. The van der Waals surface area contributed by atoms with E-state index in [9.17, 15) is 22.8 Å². The van der Waals surface area contributed by atoms with Gasteiger partial charge in [-0.2, -0.15) is 13.2 Å². The first-order valence-corrected chi connectivity index (χ1v) is 8.05. The first-order valence-electron chi connectivity index (χ1n) is 8.05. The van der Waals surface area contributed by atoms with Gasteiger partial charge in [-0.3, -0.25) is 14.5 Å². The summed E-state index contributed by atoms with van der Waals surface area (Å²) in [6, 6.07) is 4.48. The van der Waals surface area contributed by atoms with E-state index in [-0.39, 0.29) is 19.0 Å². The van der Waals surface area contributed by atoms with Crippen molar-refractivity contribution >= 4 is 11.9 Å². The van der Waals surface area contributed by atoms with Gasteiger partial charge >= 0.3 is 12.1 Å². The predicted octanol–water partition coefficient (Wildman–Crippen LogP) is 2.60. The molecule has 0 saturated carbocycles. The Hall–Kier alpha value is -2.09. The fraction of sp³-hybridized carbons (Fsp3) is 0.529. The molecule has 0 aromatic heterocycles. The smallest absolute Gasteiger partial charge is 0.416 e. The normalized spacial score (nSPS) is 19.2. The summed E-state index contributed by atoms with van der Waals surface area (Å²) in [4.78, 5) is 26.5. The second-order valence-corrected chi connectivity index (χ2v) is 6.28. The summed E-state index contributed by atoms with van der Waals surface area (Å²) in [5, 5.41) is 8.93. The highest BCUT2D eigenvalue weighted by Crippen LogP contribution is 2.30. The van der Waals surface area contributed by atoms with E-state index >= 15 is 0 Å². The predicted molar refractivity (Wildman–Crippen MR) is 84.8 cm³/mol. The fourth-order valence-electron chi connectivity index (χ4n) is 3.06. The molecule has 1 aliphatic rings. The van der Waals surface area contributed by atoms with Gasteiger partial charge in [-0.1, -0.05) is 18.2 Å². The Morgan fingerprint density at radius 1 is 1.36 bits per heavy atom. The molecule has 2 rings (SSSR count). The second-order valence-electron chi connectivity index (χ2n) is 6.28. The van der Waals surface area contributed by atoms with Crippen LogP contribution in [0.3, 0.4) is 0 Å². The lowest BCUT2D eigenvalue weighted by Crippen LogP contribution is -2.47. The summed E-state index contributed by atoms with van der Waals surface area (Å²) < 4.78 is 38.5. The maximum Gasteiger partial charge on any atom is 0.416 e. The van der Waals surface area contributed by atoms with E-state index in [4.69, 9.17) is 5.11 Å². The molecular formula is C17H21F3N2O3. The number of carboxylic acids is 1. The summed E-state index contributed by atoms with van der Waals surface area (Å²) in [5.41, 5.74) is -0.266. The van der Waals surface area contributed by atoms with Crippen LogP contribution in [0.1, 0.15) is 30.4 Å². The summed E-state index contributed by atoms with van der Waals surface area (Å²) in [7, 11) is 1.67. The van der Waals surface area contributed by atoms with E-state index in [0.717, 1.165) is 18.6 Å². The first kappa shape index (κ1) is 19.2. The Bertz CT molecular complexity index is 634. The number of likely N-dealkylation sites (tertiary alicyclic amines) is 1. The third-order valence-electron chi connectivity index (χ3n) is 4.30. The number of hydrogen-bond donors (Lipinski definition) is 1. The summed E-state index contributed by atoms with van der Waals surface area (Å²) in [5.74, 6) is -1.36. The monoisotopic (exact) mass is 358 g/mol. The van der Waals surface area contributed by atoms with Crippen molar-refractivity contribution in [1.29, 1.82) is 0 Å². The SMILES string of the molecule is CN(Cc1cccc(C(F)(F)F)c1)C1CCCCN(CC(=O)O)C1=O. The maximum atomic E-state index is 12.8. The molecule has 1 aromatic rings. The van der Waals surface area contributed by atoms with Crippen LogP contribution in [0.2, 0.25) is 0 Å². The number of rotatable bonds is 5. The quantitative estimate of drug-likeness (QED) is 0.879. The molecule has 8 heteroatoms. The lowest BCUT2D eigenvalue weighted by molar-refractivity contribution is -0.146. The molecule has 5 nitrogen and oxygen atoms in total. The number of halogens is 3. The van der Waals surface area contributed by atoms with Crippen LogP contribution < -0.4 is 0 Å². The Morgan fingerprint density at radius 2 is 2.08 bits per heavy atom. The van der Waals surface area contributed by atoms with Crippen LogP contribution in [0.5, 0.6) is 0 Å². The molecule has 1 unspecified atom stereocenters. The molecule has 1 N–H and O–H groups in total. The number of carboxylic acid groups (broad SMARTS) is 1. The van der Waals surface area contributed by atoms with Gasteiger partial charge in [-0.05, 0) is 37.9 Å². The lowest BCUT2D eigenvalue weighted by atomic mass is 10.1. The van der Waals surface area contributed by atoms with Crippen molar-refractivity contribution in [3.05, 3.63) is 35.4 Å². The average Bonchev–Trinajstić information content (AvgIpc) is 2.69. The zero-order chi connectivity index (χ0) is 18.6. The maximum absolute atomic E-state index is 12.8.